The molecule has 0 radical (unpaired) electrons. The van der Waals surface area contributed by atoms with Gasteiger partial charge in [-0.15, -0.1) is 0 Å². The zero-order valence-electron chi connectivity index (χ0n) is 26.0. The number of aliphatic hydroxyl groups is 1. The quantitative estimate of drug-likeness (QED) is 0.195. The first-order chi connectivity index (χ1) is 20.9. The molecule has 6 N–H and O–H groups in total. The van der Waals surface area contributed by atoms with Gasteiger partial charge in [-0.3, -0.25) is 19.4 Å². The van der Waals surface area contributed by atoms with Crippen LogP contribution in [0.15, 0.2) is 41.0 Å². The van der Waals surface area contributed by atoms with Gasteiger partial charge in [-0.2, -0.15) is 5.01 Å². The van der Waals surface area contributed by atoms with Crippen LogP contribution in [0.3, 0.4) is 0 Å². The number of aromatic amines is 1. The first-order valence-electron chi connectivity index (χ1n) is 15.7. The van der Waals surface area contributed by atoms with Crippen LogP contribution in [0.25, 0.3) is 6.08 Å². The number of rotatable bonds is 12. The van der Waals surface area contributed by atoms with Crippen molar-refractivity contribution in [3.05, 3.63) is 63.5 Å². The zero-order chi connectivity index (χ0) is 31.8. The smallest absolute Gasteiger partial charge is 0.303 e. The Kier molecular flexibility index (Phi) is 7.22. The van der Waals surface area contributed by atoms with Gasteiger partial charge in [0.1, 0.15) is 0 Å². The van der Waals surface area contributed by atoms with E-state index in [4.69, 9.17) is 0 Å². The second-order valence-electron chi connectivity index (χ2n) is 13.0. The van der Waals surface area contributed by atoms with Gasteiger partial charge in [0, 0.05) is 54.1 Å². The minimum absolute atomic E-state index is 0.00161. The van der Waals surface area contributed by atoms with Crippen molar-refractivity contribution >= 4 is 23.9 Å². The van der Waals surface area contributed by atoms with E-state index in [1.807, 2.05) is 20.8 Å². The highest BCUT2D eigenvalue weighted by Gasteiger charge is 2.91. The number of carbonyl (C=O) groups is 3. The van der Waals surface area contributed by atoms with Crippen molar-refractivity contribution in [2.24, 2.45) is 17.8 Å². The summed E-state index contributed by atoms with van der Waals surface area (Å²) in [6, 6.07) is 0.109. The molecule has 3 saturated heterocycles. The molecule has 1 aromatic rings. The third-order valence-electron chi connectivity index (χ3n) is 10.9. The van der Waals surface area contributed by atoms with Crippen molar-refractivity contribution in [1.82, 2.24) is 25.6 Å². The molecule has 1 spiro atoms. The van der Waals surface area contributed by atoms with Gasteiger partial charge in [0.25, 0.3) is 0 Å². The Labute approximate surface area is 257 Å². The highest BCUT2D eigenvalue weighted by atomic mass is 16.4. The Morgan fingerprint density at radius 3 is 2.36 bits per heavy atom. The number of allylic oxidation sites excluding steroid dienone is 2. The average Bonchev–Trinajstić information content (AvgIpc) is 3.69. The topological polar surface area (TPSA) is 158 Å². The molecular formula is C33H43N5O6. The Bertz CT molecular complexity index is 1550. The van der Waals surface area contributed by atoms with Crippen molar-refractivity contribution in [3.8, 4) is 0 Å². The van der Waals surface area contributed by atoms with Gasteiger partial charge in [0.2, 0.25) is 5.91 Å². The van der Waals surface area contributed by atoms with E-state index in [0.29, 0.717) is 19.3 Å². The van der Waals surface area contributed by atoms with Crippen molar-refractivity contribution in [2.75, 3.05) is 0 Å². The average molecular weight is 606 g/mol. The number of nitrogens with one attached hydrogen (secondary N) is 3. The van der Waals surface area contributed by atoms with E-state index in [1.165, 1.54) is 0 Å². The molecule has 1 aromatic heterocycles. The summed E-state index contributed by atoms with van der Waals surface area (Å²) in [6.07, 6.45) is 5.93. The molecule has 0 saturated carbocycles. The van der Waals surface area contributed by atoms with Crippen molar-refractivity contribution in [2.45, 2.75) is 96.9 Å². The number of aromatic nitrogens is 1. The number of carbonyl (C=O) groups excluding carboxylic acids is 1. The van der Waals surface area contributed by atoms with Crippen molar-refractivity contribution in [3.63, 3.8) is 0 Å². The maximum Gasteiger partial charge on any atom is 0.303 e. The van der Waals surface area contributed by atoms with E-state index in [9.17, 15) is 29.7 Å². The third kappa shape index (κ3) is 4.30. The van der Waals surface area contributed by atoms with Crippen LogP contribution in [0.2, 0.25) is 0 Å². The summed E-state index contributed by atoms with van der Waals surface area (Å²) in [5, 5.41) is 40.4. The third-order valence-corrected chi connectivity index (χ3v) is 10.9. The number of amides is 1. The van der Waals surface area contributed by atoms with Crippen molar-refractivity contribution < 1.29 is 29.7 Å². The number of aliphatic hydroxyl groups excluding tert-OH is 1. The molecule has 3 unspecified atom stereocenters. The SMILES string of the molecule is C=CC1=C(O)N[C@H](Cc2[nH]c(/C=C3/C(CCC(=O)O)=C(C)[C@]45[C@H](C6NC(=O)[C@H](C)[C@H]6CC)N4N35)c(CCC(=O)O)c2C)C1C. The van der Waals surface area contributed by atoms with Crippen LogP contribution in [0, 0.1) is 24.7 Å². The van der Waals surface area contributed by atoms with Gasteiger partial charge < -0.3 is 30.9 Å². The fraction of sp³-hybridized carbons (Fsp3) is 0.545. The number of carboxylic acid groups (broad SMARTS) is 2. The monoisotopic (exact) mass is 605 g/mol. The summed E-state index contributed by atoms with van der Waals surface area (Å²) >= 11 is 0. The number of H-pyrrole nitrogens is 1. The standard InChI is InChI=1S/C33H43N5O6/c1-7-19-17(5)31(43)36-29(19)30-33-18(6)22(10-12-28(41)42)26(37(33)38(30)33)14-25-21(9-11-27(39)40)16(4)23(34-25)13-24-15(3)20(8-2)32(44)35-24/h8,14-15,17,19,24,29-30,34-35,44H,2,7,9-13H2,1,3-6H3,(H,36,43)(H,39,40)(H,41,42)/b26-14-/t15?,17-,19-,24-,29?,30+,33-,37?,38?/m1/s1. The molecule has 44 heavy (non-hydrogen) atoms. The van der Waals surface area contributed by atoms with E-state index in [1.54, 1.807) is 6.08 Å². The highest BCUT2D eigenvalue weighted by molar-refractivity contribution is 5.82. The van der Waals surface area contributed by atoms with Crippen LogP contribution in [0.1, 0.15) is 75.9 Å². The normalized spacial score (nSPS) is 34.3. The number of fused-ring (bicyclic) bond motifs is 1. The minimum Gasteiger partial charge on any atom is -0.495 e. The molecule has 236 valence electrons. The van der Waals surface area contributed by atoms with Gasteiger partial charge in [-0.1, -0.05) is 39.8 Å². The van der Waals surface area contributed by atoms with E-state index in [0.717, 1.165) is 51.4 Å². The molecule has 3 fully saturated rings. The van der Waals surface area contributed by atoms with E-state index >= 15 is 0 Å². The van der Waals surface area contributed by atoms with Gasteiger partial charge in [0.15, 0.2) is 11.5 Å². The van der Waals surface area contributed by atoms with Gasteiger partial charge in [-0.05, 0) is 61.0 Å². The number of carboxylic acids is 2. The zero-order valence-corrected chi connectivity index (χ0v) is 26.0. The molecule has 8 atom stereocenters. The second-order valence-corrected chi connectivity index (χ2v) is 13.0. The van der Waals surface area contributed by atoms with E-state index in [2.05, 4.69) is 52.1 Å². The number of aliphatic carboxylic acids is 2. The summed E-state index contributed by atoms with van der Waals surface area (Å²) in [7, 11) is 0. The molecule has 6 rings (SSSR count). The lowest BCUT2D eigenvalue weighted by Crippen LogP contribution is -2.44. The van der Waals surface area contributed by atoms with E-state index in [-0.39, 0.29) is 66.2 Å². The van der Waals surface area contributed by atoms with E-state index < -0.39 is 11.9 Å². The van der Waals surface area contributed by atoms with Crippen LogP contribution in [0.4, 0.5) is 0 Å². The Balaban J connectivity index is 1.34. The second kappa shape index (κ2) is 10.6. The molecule has 0 aliphatic carbocycles. The summed E-state index contributed by atoms with van der Waals surface area (Å²) < 4.78 is 0. The summed E-state index contributed by atoms with van der Waals surface area (Å²) in [5.74, 6) is -1.28. The van der Waals surface area contributed by atoms with Gasteiger partial charge >= 0.3 is 11.9 Å². The summed E-state index contributed by atoms with van der Waals surface area (Å²) in [5.41, 5.74) is 7.16. The lowest BCUT2D eigenvalue weighted by molar-refractivity contribution is -0.138. The van der Waals surface area contributed by atoms with Crippen LogP contribution >= 0.6 is 0 Å². The Hall–Kier alpha value is -3.99. The van der Waals surface area contributed by atoms with Gasteiger partial charge in [0.05, 0.1) is 17.8 Å². The molecule has 11 heteroatoms. The predicted molar refractivity (Wildman–Crippen MR) is 164 cm³/mol. The van der Waals surface area contributed by atoms with Crippen LogP contribution in [-0.2, 0) is 27.2 Å². The Morgan fingerprint density at radius 1 is 1.07 bits per heavy atom. The first kappa shape index (κ1) is 30.1. The van der Waals surface area contributed by atoms with Crippen LogP contribution in [0.5, 0.6) is 0 Å². The maximum atomic E-state index is 12.6. The molecule has 6 heterocycles. The first-order valence-corrected chi connectivity index (χ1v) is 15.7. The summed E-state index contributed by atoms with van der Waals surface area (Å²) in [6.45, 7) is 14.1. The lowest BCUT2D eigenvalue weighted by atomic mass is 9.85. The highest BCUT2D eigenvalue weighted by Crippen LogP contribution is 2.75. The molecule has 5 aliphatic rings. The molecule has 11 nitrogen and oxygen atoms in total. The lowest BCUT2D eigenvalue weighted by Gasteiger charge is -2.26. The maximum absolute atomic E-state index is 12.6. The number of hydrazine groups is 1. The fourth-order valence-electron chi connectivity index (χ4n) is 8.33. The van der Waals surface area contributed by atoms with Crippen molar-refractivity contribution in [1.29, 1.82) is 0 Å². The largest absolute Gasteiger partial charge is 0.495 e. The van der Waals surface area contributed by atoms with Gasteiger partial charge in [-0.25, -0.2) is 0 Å². The minimum atomic E-state index is -0.876. The molecule has 0 bridgehead atoms. The summed E-state index contributed by atoms with van der Waals surface area (Å²) in [4.78, 5) is 39.4. The fourth-order valence-corrected chi connectivity index (χ4v) is 8.33. The molecule has 0 aromatic carbocycles. The number of hydrogen-bond acceptors (Lipinski definition) is 7. The van der Waals surface area contributed by atoms with Crippen LogP contribution in [-0.4, -0.2) is 72.0 Å². The number of hydrogen-bond donors (Lipinski definition) is 6. The number of nitrogens with zero attached hydrogens (tertiary/aromatic N) is 2. The Morgan fingerprint density at radius 2 is 1.75 bits per heavy atom. The molecule has 5 aliphatic heterocycles. The molecule has 1 amide bonds. The molecular weight excluding hydrogens is 562 g/mol. The predicted octanol–water partition coefficient (Wildman–Crippen LogP) is 3.75. The van der Waals surface area contributed by atoms with Crippen LogP contribution < -0.4 is 10.6 Å².